The molecule has 0 aromatic rings. The SMILES string of the molecule is CCOC(=O)C(CC)NCC1(O)CCOC1C. The second-order valence-electron chi connectivity index (χ2n) is 4.46. The summed E-state index contributed by atoms with van der Waals surface area (Å²) in [5, 5.41) is 13.3. The predicted octanol–water partition coefficient (Wildman–Crippen LogP) is 0.458. The average molecular weight is 245 g/mol. The monoisotopic (exact) mass is 245 g/mol. The molecule has 100 valence electrons. The molecule has 0 radical (unpaired) electrons. The van der Waals surface area contributed by atoms with Crippen LogP contribution in [0.2, 0.25) is 0 Å². The van der Waals surface area contributed by atoms with Crippen molar-refractivity contribution in [1.82, 2.24) is 5.32 Å². The van der Waals surface area contributed by atoms with Gasteiger partial charge in [-0.25, -0.2) is 0 Å². The number of ether oxygens (including phenoxy) is 2. The van der Waals surface area contributed by atoms with E-state index in [2.05, 4.69) is 5.32 Å². The van der Waals surface area contributed by atoms with Crippen LogP contribution in [-0.4, -0.2) is 48.6 Å². The number of nitrogens with one attached hydrogen (secondary N) is 1. The minimum atomic E-state index is -0.875. The molecule has 0 aromatic heterocycles. The first-order chi connectivity index (χ1) is 8.03. The Morgan fingerprint density at radius 3 is 2.82 bits per heavy atom. The van der Waals surface area contributed by atoms with E-state index >= 15 is 0 Å². The molecule has 1 aliphatic heterocycles. The van der Waals surface area contributed by atoms with E-state index in [9.17, 15) is 9.90 Å². The first kappa shape index (κ1) is 14.4. The van der Waals surface area contributed by atoms with E-state index in [-0.39, 0.29) is 18.1 Å². The molecule has 1 saturated heterocycles. The Morgan fingerprint density at radius 2 is 2.35 bits per heavy atom. The molecule has 1 fully saturated rings. The second-order valence-corrected chi connectivity index (χ2v) is 4.46. The van der Waals surface area contributed by atoms with E-state index in [0.29, 0.717) is 32.6 Å². The van der Waals surface area contributed by atoms with Crippen molar-refractivity contribution in [1.29, 1.82) is 0 Å². The molecule has 3 unspecified atom stereocenters. The van der Waals surface area contributed by atoms with Crippen LogP contribution in [0.3, 0.4) is 0 Å². The summed E-state index contributed by atoms with van der Waals surface area (Å²) >= 11 is 0. The molecule has 0 bridgehead atoms. The maximum absolute atomic E-state index is 11.6. The number of hydrogen-bond acceptors (Lipinski definition) is 5. The summed E-state index contributed by atoms with van der Waals surface area (Å²) in [6.07, 6.45) is 1.04. The van der Waals surface area contributed by atoms with Crippen molar-refractivity contribution in [2.24, 2.45) is 0 Å². The fourth-order valence-corrected chi connectivity index (χ4v) is 1.94. The van der Waals surface area contributed by atoms with E-state index < -0.39 is 5.60 Å². The average Bonchev–Trinajstić information content (AvgIpc) is 2.61. The van der Waals surface area contributed by atoms with Gasteiger partial charge in [0.1, 0.15) is 11.6 Å². The highest BCUT2D eigenvalue weighted by Gasteiger charge is 2.40. The maximum Gasteiger partial charge on any atom is 0.323 e. The van der Waals surface area contributed by atoms with Gasteiger partial charge in [-0.2, -0.15) is 0 Å². The lowest BCUT2D eigenvalue weighted by molar-refractivity contribution is -0.146. The Labute approximate surface area is 102 Å². The third-order valence-electron chi connectivity index (χ3n) is 3.29. The first-order valence-corrected chi connectivity index (χ1v) is 6.27. The Hall–Kier alpha value is -0.650. The maximum atomic E-state index is 11.6. The molecular weight excluding hydrogens is 222 g/mol. The highest BCUT2D eigenvalue weighted by atomic mass is 16.5. The molecule has 0 amide bonds. The highest BCUT2D eigenvalue weighted by molar-refractivity contribution is 5.75. The van der Waals surface area contributed by atoms with Crippen LogP contribution in [0.4, 0.5) is 0 Å². The Balaban J connectivity index is 2.44. The van der Waals surface area contributed by atoms with Crippen LogP contribution in [0.1, 0.15) is 33.6 Å². The number of hydrogen-bond donors (Lipinski definition) is 2. The number of carbonyl (C=O) groups excluding carboxylic acids is 1. The largest absolute Gasteiger partial charge is 0.465 e. The molecule has 5 nitrogen and oxygen atoms in total. The van der Waals surface area contributed by atoms with Gasteiger partial charge in [-0.15, -0.1) is 0 Å². The fourth-order valence-electron chi connectivity index (χ4n) is 1.94. The summed E-state index contributed by atoms with van der Waals surface area (Å²) in [4.78, 5) is 11.6. The van der Waals surface area contributed by atoms with Crippen molar-refractivity contribution in [3.63, 3.8) is 0 Å². The smallest absolute Gasteiger partial charge is 0.323 e. The van der Waals surface area contributed by atoms with Crippen LogP contribution in [0, 0.1) is 0 Å². The van der Waals surface area contributed by atoms with Crippen LogP contribution in [-0.2, 0) is 14.3 Å². The molecule has 0 aliphatic carbocycles. The van der Waals surface area contributed by atoms with E-state index in [1.807, 2.05) is 13.8 Å². The zero-order chi connectivity index (χ0) is 12.9. The van der Waals surface area contributed by atoms with Crippen LogP contribution in [0.5, 0.6) is 0 Å². The summed E-state index contributed by atoms with van der Waals surface area (Å²) in [5.74, 6) is -0.259. The fraction of sp³-hybridized carbons (Fsp3) is 0.917. The van der Waals surface area contributed by atoms with Crippen molar-refractivity contribution in [2.45, 2.75) is 51.4 Å². The zero-order valence-corrected chi connectivity index (χ0v) is 10.9. The van der Waals surface area contributed by atoms with Gasteiger partial charge in [-0.3, -0.25) is 4.79 Å². The molecule has 1 heterocycles. The molecule has 17 heavy (non-hydrogen) atoms. The summed E-state index contributed by atoms with van der Waals surface area (Å²) in [5.41, 5.74) is -0.875. The molecule has 1 rings (SSSR count). The van der Waals surface area contributed by atoms with Gasteiger partial charge >= 0.3 is 5.97 Å². The van der Waals surface area contributed by atoms with Crippen molar-refractivity contribution < 1.29 is 19.4 Å². The Morgan fingerprint density at radius 1 is 1.65 bits per heavy atom. The second kappa shape index (κ2) is 6.33. The summed E-state index contributed by atoms with van der Waals surface area (Å²) < 4.78 is 10.3. The summed E-state index contributed by atoms with van der Waals surface area (Å²) in [7, 11) is 0. The van der Waals surface area contributed by atoms with E-state index in [4.69, 9.17) is 9.47 Å². The van der Waals surface area contributed by atoms with Crippen molar-refractivity contribution in [3.8, 4) is 0 Å². The number of esters is 1. The number of rotatable bonds is 6. The molecule has 0 spiro atoms. The third-order valence-corrected chi connectivity index (χ3v) is 3.29. The van der Waals surface area contributed by atoms with Crippen LogP contribution in [0.15, 0.2) is 0 Å². The van der Waals surface area contributed by atoms with Crippen LogP contribution in [0.25, 0.3) is 0 Å². The van der Waals surface area contributed by atoms with Crippen LogP contribution >= 0.6 is 0 Å². The van der Waals surface area contributed by atoms with Crippen molar-refractivity contribution in [2.75, 3.05) is 19.8 Å². The van der Waals surface area contributed by atoms with Gasteiger partial charge in [0, 0.05) is 19.6 Å². The molecule has 0 aromatic carbocycles. The third kappa shape index (κ3) is 3.66. The minimum Gasteiger partial charge on any atom is -0.465 e. The van der Waals surface area contributed by atoms with Crippen LogP contribution < -0.4 is 5.32 Å². The Bertz CT molecular complexity index is 259. The highest BCUT2D eigenvalue weighted by Crippen LogP contribution is 2.24. The Kier molecular flexibility index (Phi) is 5.36. The lowest BCUT2D eigenvalue weighted by atomic mass is 9.96. The molecule has 1 aliphatic rings. The van der Waals surface area contributed by atoms with Gasteiger partial charge in [0.05, 0.1) is 12.7 Å². The summed E-state index contributed by atoms with van der Waals surface area (Å²) in [6.45, 7) is 6.83. The van der Waals surface area contributed by atoms with Gasteiger partial charge in [0.25, 0.3) is 0 Å². The normalized spacial score (nSPS) is 30.2. The minimum absolute atomic E-state index is 0.199. The topological polar surface area (TPSA) is 67.8 Å². The van der Waals surface area contributed by atoms with Gasteiger partial charge in [0.2, 0.25) is 0 Å². The number of aliphatic hydroxyl groups is 1. The first-order valence-electron chi connectivity index (χ1n) is 6.27. The van der Waals surface area contributed by atoms with E-state index in [0.717, 1.165) is 0 Å². The lowest BCUT2D eigenvalue weighted by Crippen LogP contribution is -2.50. The molecule has 3 atom stereocenters. The molecule has 5 heteroatoms. The zero-order valence-electron chi connectivity index (χ0n) is 10.9. The van der Waals surface area contributed by atoms with Gasteiger partial charge < -0.3 is 19.9 Å². The van der Waals surface area contributed by atoms with E-state index in [1.165, 1.54) is 0 Å². The predicted molar refractivity (Wildman–Crippen MR) is 63.7 cm³/mol. The lowest BCUT2D eigenvalue weighted by Gasteiger charge is -2.28. The van der Waals surface area contributed by atoms with Gasteiger partial charge in [0.15, 0.2) is 0 Å². The van der Waals surface area contributed by atoms with Crippen molar-refractivity contribution in [3.05, 3.63) is 0 Å². The number of carbonyl (C=O) groups is 1. The molecular formula is C12H23NO4. The molecule has 0 saturated carbocycles. The van der Waals surface area contributed by atoms with E-state index in [1.54, 1.807) is 6.92 Å². The van der Waals surface area contributed by atoms with Crippen molar-refractivity contribution >= 4 is 5.97 Å². The standard InChI is InChI=1S/C12H23NO4/c1-4-10(11(14)16-5-2)13-8-12(15)6-7-17-9(12)3/h9-10,13,15H,4-8H2,1-3H3. The van der Waals surface area contributed by atoms with Gasteiger partial charge in [-0.1, -0.05) is 6.92 Å². The summed E-state index contributed by atoms with van der Waals surface area (Å²) in [6, 6.07) is -0.355. The van der Waals surface area contributed by atoms with Gasteiger partial charge in [-0.05, 0) is 20.3 Å². The molecule has 2 N–H and O–H groups in total. The quantitative estimate of drug-likeness (QED) is 0.665.